The quantitative estimate of drug-likeness (QED) is 0.226. The van der Waals surface area contributed by atoms with Crippen molar-refractivity contribution in [2.75, 3.05) is 11.9 Å². The Morgan fingerprint density at radius 3 is 1.97 bits per heavy atom. The van der Waals surface area contributed by atoms with E-state index in [9.17, 15) is 9.59 Å². The summed E-state index contributed by atoms with van der Waals surface area (Å²) in [6.45, 7) is 11.5. The Balaban J connectivity index is 1.58. The Hall–Kier alpha value is -3.60. The average molecular weight is 516 g/mol. The van der Waals surface area contributed by atoms with Gasteiger partial charge in [-0.2, -0.15) is 0 Å². The van der Waals surface area contributed by atoms with Crippen LogP contribution in [0.25, 0.3) is 11.1 Å². The van der Waals surface area contributed by atoms with Gasteiger partial charge in [0.05, 0.1) is 6.04 Å². The zero-order valence-electron chi connectivity index (χ0n) is 23.3. The van der Waals surface area contributed by atoms with E-state index in [0.717, 1.165) is 23.4 Å². The number of ether oxygens (including phenoxy) is 1. The number of Topliss-reactive ketones (excluding diaryl/α,β-unsaturated/α-hetero) is 1. The minimum Gasteiger partial charge on any atom is -0.491 e. The number of carbonyl (C=O) groups excluding carboxylic acids is 1. The number of hydrogen-bond acceptors (Lipinski definition) is 4. The van der Waals surface area contributed by atoms with Crippen LogP contribution in [-0.2, 0) is 10.2 Å². The minimum atomic E-state index is -0.877. The molecule has 0 aromatic heterocycles. The summed E-state index contributed by atoms with van der Waals surface area (Å²) in [5, 5.41) is 12.3. The van der Waals surface area contributed by atoms with Crippen LogP contribution in [0.3, 0.4) is 0 Å². The van der Waals surface area contributed by atoms with Crippen molar-refractivity contribution in [1.29, 1.82) is 0 Å². The van der Waals surface area contributed by atoms with Crippen molar-refractivity contribution < 1.29 is 19.4 Å². The summed E-state index contributed by atoms with van der Waals surface area (Å²) in [5.41, 5.74) is 5.33. The lowest BCUT2D eigenvalue weighted by Gasteiger charge is -2.25. The molecule has 202 valence electrons. The van der Waals surface area contributed by atoms with Crippen LogP contribution in [-0.4, -0.2) is 29.5 Å². The molecule has 0 spiro atoms. The Labute approximate surface area is 227 Å². The Morgan fingerprint density at radius 2 is 1.45 bits per heavy atom. The molecular weight excluding hydrogens is 474 g/mol. The monoisotopic (exact) mass is 515 g/mol. The zero-order valence-corrected chi connectivity index (χ0v) is 23.3. The van der Waals surface area contributed by atoms with Gasteiger partial charge in [0.15, 0.2) is 5.78 Å². The first kappa shape index (κ1) is 29.0. The van der Waals surface area contributed by atoms with Gasteiger partial charge in [0, 0.05) is 24.1 Å². The number of rotatable bonds is 13. The highest BCUT2D eigenvalue weighted by Crippen LogP contribution is 2.27. The van der Waals surface area contributed by atoms with Crippen molar-refractivity contribution >= 4 is 17.4 Å². The fraction of sp³-hybridized carbons (Fsp3) is 0.394. The van der Waals surface area contributed by atoms with E-state index in [1.54, 1.807) is 12.1 Å². The van der Waals surface area contributed by atoms with Crippen LogP contribution < -0.4 is 10.1 Å². The molecule has 0 radical (unpaired) electrons. The molecule has 2 atom stereocenters. The number of hydrogen-bond donors (Lipinski definition) is 2. The standard InChI is InChI=1S/C33H41NO4/c1-6-23(2)30(34-28-18-12-26(13-19-28)31(35)8-7-9-32(36)37)22-38-29-20-14-25(15-21-29)24-10-16-27(17-11-24)33(3,4)5/h10-21,23,30,34H,6-9,22H2,1-5H3,(H,36,37)/t23-,30+/m0/s1. The Bertz CT molecular complexity index is 1180. The second-order valence-electron chi connectivity index (χ2n) is 11.0. The van der Waals surface area contributed by atoms with E-state index in [0.29, 0.717) is 24.5 Å². The fourth-order valence-electron chi connectivity index (χ4n) is 4.24. The lowest BCUT2D eigenvalue weighted by molar-refractivity contribution is -0.137. The van der Waals surface area contributed by atoms with Crippen LogP contribution in [0.2, 0.25) is 0 Å². The van der Waals surface area contributed by atoms with Crippen molar-refractivity contribution in [1.82, 2.24) is 0 Å². The van der Waals surface area contributed by atoms with Gasteiger partial charge in [0.2, 0.25) is 0 Å². The highest BCUT2D eigenvalue weighted by atomic mass is 16.5. The smallest absolute Gasteiger partial charge is 0.303 e. The second-order valence-corrected chi connectivity index (χ2v) is 11.0. The number of nitrogens with one attached hydrogen (secondary N) is 1. The number of anilines is 1. The Morgan fingerprint density at radius 1 is 0.868 bits per heavy atom. The normalized spacial score (nSPS) is 13.0. The average Bonchev–Trinajstić information content (AvgIpc) is 2.90. The topological polar surface area (TPSA) is 75.6 Å². The number of carboxylic acid groups (broad SMARTS) is 1. The summed E-state index contributed by atoms with van der Waals surface area (Å²) in [4.78, 5) is 23.0. The maximum absolute atomic E-state index is 12.3. The maximum Gasteiger partial charge on any atom is 0.303 e. The fourth-order valence-corrected chi connectivity index (χ4v) is 4.24. The molecule has 0 aliphatic heterocycles. The largest absolute Gasteiger partial charge is 0.491 e. The molecule has 38 heavy (non-hydrogen) atoms. The van der Waals surface area contributed by atoms with E-state index in [1.165, 1.54) is 11.1 Å². The zero-order chi connectivity index (χ0) is 27.7. The molecule has 3 rings (SSSR count). The number of aliphatic carboxylic acids is 1. The molecule has 0 heterocycles. The SMILES string of the molecule is CC[C@H](C)[C@@H](COc1ccc(-c2ccc(C(C)(C)C)cc2)cc1)Nc1ccc(C(=O)CCCC(=O)O)cc1. The van der Waals surface area contributed by atoms with Gasteiger partial charge < -0.3 is 15.2 Å². The highest BCUT2D eigenvalue weighted by Gasteiger charge is 2.18. The molecule has 0 amide bonds. The number of ketones is 1. The third kappa shape index (κ3) is 8.47. The highest BCUT2D eigenvalue weighted by molar-refractivity contribution is 5.96. The van der Waals surface area contributed by atoms with Crippen molar-refractivity contribution in [2.45, 2.75) is 71.8 Å². The second kappa shape index (κ2) is 13.3. The molecule has 5 nitrogen and oxygen atoms in total. The predicted molar refractivity (Wildman–Crippen MR) is 155 cm³/mol. The Kier molecular flexibility index (Phi) is 10.1. The lowest BCUT2D eigenvalue weighted by Crippen LogP contribution is -2.33. The summed E-state index contributed by atoms with van der Waals surface area (Å²) < 4.78 is 6.18. The maximum atomic E-state index is 12.3. The van der Waals surface area contributed by atoms with Gasteiger partial charge in [0.25, 0.3) is 0 Å². The molecule has 3 aromatic carbocycles. The molecule has 0 saturated heterocycles. The molecule has 3 aromatic rings. The van der Waals surface area contributed by atoms with E-state index >= 15 is 0 Å². The van der Waals surface area contributed by atoms with Gasteiger partial charge in [0.1, 0.15) is 12.4 Å². The van der Waals surface area contributed by atoms with Crippen molar-refractivity contribution in [2.24, 2.45) is 5.92 Å². The summed E-state index contributed by atoms with van der Waals surface area (Å²) >= 11 is 0. The van der Waals surface area contributed by atoms with Crippen LogP contribution in [0.4, 0.5) is 5.69 Å². The van der Waals surface area contributed by atoms with Gasteiger partial charge in [-0.05, 0) is 70.8 Å². The lowest BCUT2D eigenvalue weighted by atomic mass is 9.86. The summed E-state index contributed by atoms with van der Waals surface area (Å²) in [5.74, 6) is 0.302. The van der Waals surface area contributed by atoms with Gasteiger partial charge in [-0.1, -0.05) is 77.4 Å². The van der Waals surface area contributed by atoms with E-state index in [-0.39, 0.29) is 30.1 Å². The number of carboxylic acids is 1. The summed E-state index contributed by atoms with van der Waals surface area (Å²) in [7, 11) is 0. The molecule has 0 fully saturated rings. The molecule has 2 N–H and O–H groups in total. The van der Waals surface area contributed by atoms with Gasteiger partial charge in [-0.3, -0.25) is 9.59 Å². The molecule has 0 saturated carbocycles. The van der Waals surface area contributed by atoms with Gasteiger partial charge in [-0.15, -0.1) is 0 Å². The van der Waals surface area contributed by atoms with E-state index in [4.69, 9.17) is 9.84 Å². The van der Waals surface area contributed by atoms with Crippen LogP contribution in [0.15, 0.2) is 72.8 Å². The van der Waals surface area contributed by atoms with Crippen LogP contribution in [0.1, 0.15) is 76.2 Å². The third-order valence-corrected chi connectivity index (χ3v) is 7.05. The van der Waals surface area contributed by atoms with Crippen molar-refractivity contribution in [3.05, 3.63) is 83.9 Å². The molecule has 0 aliphatic carbocycles. The van der Waals surface area contributed by atoms with Crippen LogP contribution in [0, 0.1) is 5.92 Å². The minimum absolute atomic E-state index is 0.00916. The molecule has 5 heteroatoms. The van der Waals surface area contributed by atoms with Crippen LogP contribution in [0.5, 0.6) is 5.75 Å². The molecule has 0 unspecified atom stereocenters. The van der Waals surface area contributed by atoms with Gasteiger partial charge >= 0.3 is 5.97 Å². The van der Waals surface area contributed by atoms with E-state index < -0.39 is 5.97 Å². The van der Waals surface area contributed by atoms with E-state index in [1.807, 2.05) is 24.3 Å². The molecule has 0 aliphatic rings. The summed E-state index contributed by atoms with van der Waals surface area (Å²) in [6.07, 6.45) is 1.61. The summed E-state index contributed by atoms with van der Waals surface area (Å²) in [6, 6.07) is 24.5. The van der Waals surface area contributed by atoms with Crippen molar-refractivity contribution in [3.63, 3.8) is 0 Å². The molecular formula is C33H41NO4. The number of benzene rings is 3. The first-order chi connectivity index (χ1) is 18.1. The predicted octanol–water partition coefficient (Wildman–Crippen LogP) is 7.99. The number of carbonyl (C=O) groups is 2. The first-order valence-corrected chi connectivity index (χ1v) is 13.5. The first-order valence-electron chi connectivity index (χ1n) is 13.5. The van der Waals surface area contributed by atoms with E-state index in [2.05, 4.69) is 76.3 Å². The van der Waals surface area contributed by atoms with Crippen LogP contribution >= 0.6 is 0 Å². The third-order valence-electron chi connectivity index (χ3n) is 7.05. The van der Waals surface area contributed by atoms with Crippen molar-refractivity contribution in [3.8, 4) is 16.9 Å². The van der Waals surface area contributed by atoms with Gasteiger partial charge in [-0.25, -0.2) is 0 Å². The molecule has 0 bridgehead atoms.